The number of hydrogen-bond acceptors (Lipinski definition) is 0. The van der Waals surface area contributed by atoms with Crippen molar-refractivity contribution in [1.82, 2.24) is 13.7 Å². The number of hydrogen-bond donors (Lipinski definition) is 0. The molecule has 0 bridgehead atoms. The predicted molar refractivity (Wildman–Crippen MR) is 240 cm³/mol. The minimum atomic E-state index is 1.14. The van der Waals surface area contributed by atoms with Crippen LogP contribution in [0.3, 0.4) is 0 Å². The third kappa shape index (κ3) is 4.86. The Morgan fingerprint density at radius 2 is 0.561 bits per heavy atom. The molecule has 0 atom stereocenters. The predicted octanol–water partition coefficient (Wildman–Crippen LogP) is 14.3. The third-order valence-electron chi connectivity index (χ3n) is 11.8. The van der Waals surface area contributed by atoms with Crippen LogP contribution in [-0.2, 0) is 0 Å². The molecule has 0 aliphatic rings. The van der Waals surface area contributed by atoms with Gasteiger partial charge in [0.2, 0.25) is 0 Å². The molecule has 3 heterocycles. The van der Waals surface area contributed by atoms with Crippen LogP contribution in [0.15, 0.2) is 212 Å². The maximum Gasteiger partial charge on any atom is 0.0561 e. The van der Waals surface area contributed by atoms with Crippen LogP contribution in [0.1, 0.15) is 0 Å². The van der Waals surface area contributed by atoms with Gasteiger partial charge in [-0.25, -0.2) is 0 Å². The number of rotatable bonds is 5. The van der Waals surface area contributed by atoms with Crippen molar-refractivity contribution in [1.29, 1.82) is 0 Å². The highest BCUT2D eigenvalue weighted by Crippen LogP contribution is 2.40. The molecule has 0 fully saturated rings. The summed E-state index contributed by atoms with van der Waals surface area (Å²) in [4.78, 5) is 0. The van der Waals surface area contributed by atoms with Crippen LogP contribution >= 0.6 is 0 Å². The monoisotopic (exact) mass is 725 g/mol. The van der Waals surface area contributed by atoms with E-state index in [1.54, 1.807) is 0 Å². The van der Waals surface area contributed by atoms with Gasteiger partial charge in [0.1, 0.15) is 0 Å². The second-order valence-corrected chi connectivity index (χ2v) is 15.0. The SMILES string of the molecule is c1ccc(-c2cccc(-n3c4ccccc4c4ccc(-c5ccc6c7ccccc7n(-c7ccc8c9ccccc9n(-c9ccccc9)c8c7)c6c5)cc43)c2)cc1. The van der Waals surface area contributed by atoms with Crippen LogP contribution in [0.4, 0.5) is 0 Å². The summed E-state index contributed by atoms with van der Waals surface area (Å²) >= 11 is 0. The van der Waals surface area contributed by atoms with Crippen LogP contribution in [0, 0.1) is 0 Å². The molecule has 0 unspecified atom stereocenters. The molecule has 3 nitrogen and oxygen atoms in total. The van der Waals surface area contributed by atoms with Gasteiger partial charge < -0.3 is 13.7 Å². The summed E-state index contributed by atoms with van der Waals surface area (Å²) in [6, 6.07) is 77.5. The molecule has 0 spiro atoms. The first-order chi connectivity index (χ1) is 28.3. The zero-order chi connectivity index (χ0) is 37.5. The molecule has 3 heteroatoms. The highest BCUT2D eigenvalue weighted by atomic mass is 15.0. The first-order valence-electron chi connectivity index (χ1n) is 19.6. The van der Waals surface area contributed by atoms with E-state index in [9.17, 15) is 0 Å². The van der Waals surface area contributed by atoms with E-state index in [-0.39, 0.29) is 0 Å². The fourth-order valence-corrected chi connectivity index (χ4v) is 9.27. The van der Waals surface area contributed by atoms with Gasteiger partial charge >= 0.3 is 0 Å². The van der Waals surface area contributed by atoms with E-state index >= 15 is 0 Å². The minimum absolute atomic E-state index is 1.14. The molecular weight excluding hydrogens is 691 g/mol. The lowest BCUT2D eigenvalue weighted by atomic mass is 10.0. The van der Waals surface area contributed by atoms with Crippen LogP contribution < -0.4 is 0 Å². The van der Waals surface area contributed by atoms with E-state index in [1.165, 1.54) is 87.7 Å². The highest BCUT2D eigenvalue weighted by molar-refractivity contribution is 6.13. The van der Waals surface area contributed by atoms with Gasteiger partial charge in [0.15, 0.2) is 0 Å². The Bertz CT molecular complexity index is 3510. The van der Waals surface area contributed by atoms with E-state index < -0.39 is 0 Å². The van der Waals surface area contributed by atoms with Gasteiger partial charge in [-0.05, 0) is 89.0 Å². The Morgan fingerprint density at radius 1 is 0.193 bits per heavy atom. The first kappa shape index (κ1) is 31.7. The molecular formula is C54H35N3. The molecule has 266 valence electrons. The van der Waals surface area contributed by atoms with Crippen molar-refractivity contribution in [3.8, 4) is 39.3 Å². The lowest BCUT2D eigenvalue weighted by Gasteiger charge is -2.12. The lowest BCUT2D eigenvalue weighted by molar-refractivity contribution is 1.15. The Balaban J connectivity index is 1.07. The van der Waals surface area contributed by atoms with Gasteiger partial charge in [0, 0.05) is 49.4 Å². The summed E-state index contributed by atoms with van der Waals surface area (Å²) < 4.78 is 7.28. The van der Waals surface area contributed by atoms with Crippen molar-refractivity contribution in [3.63, 3.8) is 0 Å². The van der Waals surface area contributed by atoms with Crippen molar-refractivity contribution >= 4 is 65.4 Å². The van der Waals surface area contributed by atoms with E-state index in [1.807, 2.05) is 0 Å². The van der Waals surface area contributed by atoms with Gasteiger partial charge in [-0.1, -0.05) is 146 Å². The topological polar surface area (TPSA) is 14.8 Å². The zero-order valence-corrected chi connectivity index (χ0v) is 31.0. The zero-order valence-electron chi connectivity index (χ0n) is 31.0. The third-order valence-corrected chi connectivity index (χ3v) is 11.8. The molecule has 12 aromatic rings. The highest BCUT2D eigenvalue weighted by Gasteiger charge is 2.18. The normalized spacial score (nSPS) is 11.9. The Kier molecular flexibility index (Phi) is 6.93. The summed E-state index contributed by atoms with van der Waals surface area (Å²) in [5.74, 6) is 0. The Labute approximate surface area is 329 Å². The number of benzene rings is 9. The maximum atomic E-state index is 2.45. The lowest BCUT2D eigenvalue weighted by Crippen LogP contribution is -1.97. The molecule has 9 aromatic carbocycles. The number of para-hydroxylation sites is 4. The van der Waals surface area contributed by atoms with E-state index in [4.69, 9.17) is 0 Å². The molecule has 57 heavy (non-hydrogen) atoms. The number of fused-ring (bicyclic) bond motifs is 9. The van der Waals surface area contributed by atoms with Crippen LogP contribution in [0.5, 0.6) is 0 Å². The van der Waals surface area contributed by atoms with E-state index in [2.05, 4.69) is 226 Å². The van der Waals surface area contributed by atoms with Gasteiger partial charge in [0.25, 0.3) is 0 Å². The summed E-state index contributed by atoms with van der Waals surface area (Å²) in [6.07, 6.45) is 0. The molecule has 0 amide bonds. The second kappa shape index (κ2) is 12.5. The molecule has 0 saturated carbocycles. The van der Waals surface area contributed by atoms with E-state index in [0.29, 0.717) is 0 Å². The van der Waals surface area contributed by atoms with Gasteiger partial charge in [0.05, 0.1) is 33.1 Å². The number of aromatic nitrogens is 3. The smallest absolute Gasteiger partial charge is 0.0561 e. The molecule has 12 rings (SSSR count). The van der Waals surface area contributed by atoms with Gasteiger partial charge in [-0.3, -0.25) is 0 Å². The minimum Gasteiger partial charge on any atom is -0.309 e. The first-order valence-corrected chi connectivity index (χ1v) is 19.6. The molecule has 0 saturated heterocycles. The number of nitrogens with zero attached hydrogens (tertiary/aromatic N) is 3. The summed E-state index contributed by atoms with van der Waals surface area (Å²) in [5, 5.41) is 7.49. The molecule has 3 aromatic heterocycles. The van der Waals surface area contributed by atoms with Crippen molar-refractivity contribution in [2.45, 2.75) is 0 Å². The van der Waals surface area contributed by atoms with Gasteiger partial charge in [-0.2, -0.15) is 0 Å². The second-order valence-electron chi connectivity index (χ2n) is 15.0. The summed E-state index contributed by atoms with van der Waals surface area (Å²) in [6.45, 7) is 0. The standard InChI is InChI=1S/C54H35N3/c1-3-14-36(15-4-1)37-16-13-19-41(32-37)56-50-24-11-8-20-43(50)46-29-26-38(33-52(46)56)39-27-30-47-44-21-9-12-25-51(44)57(53(47)34-39)42-28-31-48-45-22-7-10-23-49(45)55(54(48)35-42)40-17-5-2-6-18-40/h1-35H. The van der Waals surface area contributed by atoms with Crippen LogP contribution in [-0.4, -0.2) is 13.7 Å². The molecule has 0 aliphatic heterocycles. The molecule has 0 aliphatic carbocycles. The molecule has 0 N–H and O–H groups in total. The summed E-state index contributed by atoms with van der Waals surface area (Å²) in [7, 11) is 0. The quantitative estimate of drug-likeness (QED) is 0.168. The van der Waals surface area contributed by atoms with E-state index in [0.717, 1.165) is 17.1 Å². The fraction of sp³-hybridized carbons (Fsp3) is 0. The molecule has 0 radical (unpaired) electrons. The van der Waals surface area contributed by atoms with Crippen LogP contribution in [0.2, 0.25) is 0 Å². The van der Waals surface area contributed by atoms with Crippen molar-refractivity contribution in [2.24, 2.45) is 0 Å². The average Bonchev–Trinajstić information content (AvgIpc) is 3.92. The Hall–Kier alpha value is -7.62. The fourth-order valence-electron chi connectivity index (χ4n) is 9.27. The van der Waals surface area contributed by atoms with Crippen molar-refractivity contribution < 1.29 is 0 Å². The summed E-state index contributed by atoms with van der Waals surface area (Å²) in [5.41, 5.74) is 15.4. The largest absolute Gasteiger partial charge is 0.309 e. The van der Waals surface area contributed by atoms with Gasteiger partial charge in [-0.15, -0.1) is 0 Å². The van der Waals surface area contributed by atoms with Crippen molar-refractivity contribution in [3.05, 3.63) is 212 Å². The Morgan fingerprint density at radius 3 is 1.12 bits per heavy atom. The van der Waals surface area contributed by atoms with Crippen molar-refractivity contribution in [2.75, 3.05) is 0 Å². The maximum absolute atomic E-state index is 2.45. The average molecular weight is 726 g/mol. The van der Waals surface area contributed by atoms with Crippen LogP contribution in [0.25, 0.3) is 105 Å².